The summed E-state index contributed by atoms with van der Waals surface area (Å²) in [4.78, 5) is 24.9. The number of benzene rings is 2. The molecular weight excluding hydrogens is 444 g/mol. The van der Waals surface area contributed by atoms with Crippen LogP contribution in [0.5, 0.6) is 5.75 Å². The maximum absolute atomic E-state index is 13.5. The third-order valence-corrected chi connectivity index (χ3v) is 8.54. The summed E-state index contributed by atoms with van der Waals surface area (Å²) in [5, 5.41) is 15.3. The predicted molar refractivity (Wildman–Crippen MR) is 135 cm³/mol. The van der Waals surface area contributed by atoms with Crippen LogP contribution in [0.15, 0.2) is 47.6 Å². The van der Waals surface area contributed by atoms with Gasteiger partial charge in [0.1, 0.15) is 18.9 Å². The quantitative estimate of drug-likeness (QED) is 0.428. The Morgan fingerprint density at radius 1 is 1.17 bits per heavy atom. The highest BCUT2D eigenvalue weighted by Gasteiger charge is 2.74. The number of aliphatic hydroxyl groups is 1. The SMILES string of the molecule is CCC12CCC(c3ccc(OCCO)cc3C)C(N)(c3ccc(C)cc3)C1(N)C(CN=O)NC2=O. The number of hydrogen-bond donors (Lipinski definition) is 4. The molecule has 0 aromatic heterocycles. The molecule has 1 aliphatic heterocycles. The van der Waals surface area contributed by atoms with Gasteiger partial charge < -0.3 is 26.6 Å². The lowest BCUT2D eigenvalue weighted by Crippen LogP contribution is -2.78. The highest BCUT2D eigenvalue weighted by atomic mass is 16.5. The van der Waals surface area contributed by atoms with E-state index in [2.05, 4.69) is 10.5 Å². The Bertz CT molecular complexity index is 1110. The van der Waals surface area contributed by atoms with E-state index < -0.39 is 22.5 Å². The molecule has 5 atom stereocenters. The number of hydrogen-bond acceptors (Lipinski definition) is 7. The molecule has 2 aromatic rings. The van der Waals surface area contributed by atoms with Crippen molar-refractivity contribution in [2.45, 2.75) is 63.1 Å². The standard InChI is InChI=1S/C27H36N4O4/c1-4-25-12-11-22(21-10-9-20(15-18(21)3)35-14-13-32)26(28,19-7-5-17(2)6-8-19)27(25,29)23(16-30-34)31-24(25)33/h5-10,15,22-23,32H,4,11-14,16,28-29H2,1-3H3,(H,31,33). The van der Waals surface area contributed by atoms with E-state index in [4.69, 9.17) is 21.3 Å². The molecule has 1 heterocycles. The van der Waals surface area contributed by atoms with E-state index in [-0.39, 0.29) is 31.6 Å². The fourth-order valence-electron chi connectivity index (χ4n) is 6.70. The van der Waals surface area contributed by atoms with E-state index >= 15 is 0 Å². The average molecular weight is 481 g/mol. The molecule has 5 unspecified atom stereocenters. The minimum Gasteiger partial charge on any atom is -0.491 e. The van der Waals surface area contributed by atoms with Crippen molar-refractivity contribution in [2.75, 3.05) is 19.8 Å². The second-order valence-electron chi connectivity index (χ2n) is 10.1. The number of nitrogens with zero attached hydrogens (tertiary/aromatic N) is 1. The van der Waals surface area contributed by atoms with Gasteiger partial charge in [-0.2, -0.15) is 4.91 Å². The Labute approximate surface area is 206 Å². The van der Waals surface area contributed by atoms with Crippen molar-refractivity contribution in [1.82, 2.24) is 5.32 Å². The van der Waals surface area contributed by atoms with Crippen molar-refractivity contribution in [3.63, 3.8) is 0 Å². The number of amides is 1. The Morgan fingerprint density at radius 3 is 2.49 bits per heavy atom. The molecule has 0 radical (unpaired) electrons. The second-order valence-corrected chi connectivity index (χ2v) is 10.1. The van der Waals surface area contributed by atoms with Gasteiger partial charge in [0.15, 0.2) is 0 Å². The van der Waals surface area contributed by atoms with Crippen molar-refractivity contribution in [3.8, 4) is 5.75 Å². The zero-order valence-corrected chi connectivity index (χ0v) is 20.7. The molecular formula is C27H36N4O4. The number of nitrogens with one attached hydrogen (secondary N) is 1. The summed E-state index contributed by atoms with van der Waals surface area (Å²) < 4.78 is 5.61. The Hall–Kier alpha value is -2.81. The molecule has 2 aromatic carbocycles. The number of nitrogens with two attached hydrogens (primary N) is 2. The van der Waals surface area contributed by atoms with Gasteiger partial charge in [0, 0.05) is 5.92 Å². The fraction of sp³-hybridized carbons (Fsp3) is 0.519. The number of aryl methyl sites for hydroxylation is 2. The molecule has 188 valence electrons. The van der Waals surface area contributed by atoms with Gasteiger partial charge in [0.05, 0.1) is 29.1 Å². The summed E-state index contributed by atoms with van der Waals surface area (Å²) >= 11 is 0. The molecule has 6 N–H and O–H groups in total. The van der Waals surface area contributed by atoms with Gasteiger partial charge in [0.2, 0.25) is 5.91 Å². The summed E-state index contributed by atoms with van der Waals surface area (Å²) in [5.41, 5.74) is 15.5. The van der Waals surface area contributed by atoms with Crippen molar-refractivity contribution in [2.24, 2.45) is 22.1 Å². The number of ether oxygens (including phenoxy) is 1. The van der Waals surface area contributed by atoms with Gasteiger partial charge in [-0.25, -0.2) is 0 Å². The summed E-state index contributed by atoms with van der Waals surface area (Å²) in [7, 11) is 0. The molecule has 8 nitrogen and oxygen atoms in total. The Balaban J connectivity index is 1.94. The third kappa shape index (κ3) is 3.58. The van der Waals surface area contributed by atoms with Crippen LogP contribution in [0.2, 0.25) is 0 Å². The lowest BCUT2D eigenvalue weighted by atomic mass is 9.46. The number of rotatable bonds is 8. The van der Waals surface area contributed by atoms with Crippen molar-refractivity contribution in [1.29, 1.82) is 0 Å². The van der Waals surface area contributed by atoms with E-state index in [9.17, 15) is 9.70 Å². The smallest absolute Gasteiger partial charge is 0.228 e. The Morgan fingerprint density at radius 2 is 1.89 bits per heavy atom. The van der Waals surface area contributed by atoms with Gasteiger partial charge in [0.25, 0.3) is 0 Å². The van der Waals surface area contributed by atoms with Crippen molar-refractivity contribution in [3.05, 3.63) is 69.6 Å². The van der Waals surface area contributed by atoms with Gasteiger partial charge in [-0.05, 0) is 61.9 Å². The lowest BCUT2D eigenvalue weighted by molar-refractivity contribution is -0.134. The van der Waals surface area contributed by atoms with Crippen LogP contribution in [-0.4, -0.2) is 42.4 Å². The maximum atomic E-state index is 13.5. The van der Waals surface area contributed by atoms with E-state index in [0.29, 0.717) is 25.0 Å². The van der Waals surface area contributed by atoms with E-state index in [1.54, 1.807) is 0 Å². The zero-order chi connectivity index (χ0) is 25.4. The van der Waals surface area contributed by atoms with Gasteiger partial charge in [-0.3, -0.25) is 4.79 Å². The van der Waals surface area contributed by atoms with Crippen LogP contribution in [-0.2, 0) is 10.3 Å². The molecule has 2 aliphatic rings. The molecule has 1 saturated heterocycles. The number of nitroso groups, excluding NO2 is 1. The summed E-state index contributed by atoms with van der Waals surface area (Å²) in [6.45, 7) is 5.98. The van der Waals surface area contributed by atoms with Crippen molar-refractivity contribution < 1.29 is 14.6 Å². The highest BCUT2D eigenvalue weighted by Crippen LogP contribution is 2.62. The first-order valence-corrected chi connectivity index (χ1v) is 12.3. The van der Waals surface area contributed by atoms with Crippen LogP contribution in [0, 0.1) is 24.2 Å². The maximum Gasteiger partial charge on any atom is 0.228 e. The first-order chi connectivity index (χ1) is 16.7. The normalized spacial score (nSPS) is 32.1. The first-order valence-electron chi connectivity index (χ1n) is 12.3. The predicted octanol–water partition coefficient (Wildman–Crippen LogP) is 2.76. The molecule has 1 saturated carbocycles. The molecule has 35 heavy (non-hydrogen) atoms. The second kappa shape index (κ2) is 9.33. The van der Waals surface area contributed by atoms with E-state index in [0.717, 1.165) is 22.3 Å². The van der Waals surface area contributed by atoms with Crippen LogP contribution in [0.25, 0.3) is 0 Å². The van der Waals surface area contributed by atoms with Crippen LogP contribution < -0.4 is 21.5 Å². The summed E-state index contributed by atoms with van der Waals surface area (Å²) in [5.74, 6) is 0.296. The number of carbonyl (C=O) groups is 1. The number of carbonyl (C=O) groups excluding carboxylic acids is 1. The molecule has 0 bridgehead atoms. The Kier molecular flexibility index (Phi) is 6.74. The fourth-order valence-corrected chi connectivity index (χ4v) is 6.70. The number of aliphatic hydroxyl groups excluding tert-OH is 1. The first kappa shape index (κ1) is 25.3. The molecule has 2 fully saturated rings. The van der Waals surface area contributed by atoms with Crippen molar-refractivity contribution >= 4 is 5.91 Å². The molecule has 4 rings (SSSR count). The van der Waals surface area contributed by atoms with Gasteiger partial charge >= 0.3 is 0 Å². The third-order valence-electron chi connectivity index (χ3n) is 8.54. The van der Waals surface area contributed by atoms with Crippen LogP contribution in [0.1, 0.15) is 54.4 Å². The minimum absolute atomic E-state index is 0.0647. The highest BCUT2D eigenvalue weighted by molar-refractivity contribution is 5.89. The van der Waals surface area contributed by atoms with Crippen LogP contribution >= 0.6 is 0 Å². The molecule has 1 aliphatic carbocycles. The van der Waals surface area contributed by atoms with Gasteiger partial charge in [-0.1, -0.05) is 48.0 Å². The molecule has 8 heteroatoms. The summed E-state index contributed by atoms with van der Waals surface area (Å²) in [6.07, 6.45) is 1.72. The molecule has 0 spiro atoms. The van der Waals surface area contributed by atoms with Crippen LogP contribution in [0.4, 0.5) is 0 Å². The average Bonchev–Trinajstić information content (AvgIpc) is 3.07. The van der Waals surface area contributed by atoms with E-state index in [1.807, 2.05) is 63.2 Å². The topological polar surface area (TPSA) is 140 Å². The van der Waals surface area contributed by atoms with E-state index in [1.165, 1.54) is 0 Å². The zero-order valence-electron chi connectivity index (χ0n) is 20.7. The molecule has 1 amide bonds. The van der Waals surface area contributed by atoms with Crippen LogP contribution in [0.3, 0.4) is 0 Å². The monoisotopic (exact) mass is 480 g/mol. The summed E-state index contributed by atoms with van der Waals surface area (Å²) in [6, 6.07) is 13.1. The lowest BCUT2D eigenvalue weighted by Gasteiger charge is -2.61. The minimum atomic E-state index is -1.25. The largest absolute Gasteiger partial charge is 0.491 e. The number of fused-ring (bicyclic) bond motifs is 1. The van der Waals surface area contributed by atoms with Gasteiger partial charge in [-0.15, -0.1) is 0 Å².